The molecule has 0 unspecified atom stereocenters. The van der Waals surface area contributed by atoms with Crippen molar-refractivity contribution in [3.8, 4) is 0 Å². The second kappa shape index (κ2) is 7.64. The molecule has 1 heterocycles. The molecule has 0 saturated heterocycles. The summed E-state index contributed by atoms with van der Waals surface area (Å²) in [6.07, 6.45) is 0. The van der Waals surface area contributed by atoms with Gasteiger partial charge >= 0.3 is 12.0 Å². The Balaban J connectivity index is 2.31. The molecule has 18 heavy (non-hydrogen) atoms. The molecule has 1 aromatic heterocycles. The molecule has 0 aliphatic carbocycles. The van der Waals surface area contributed by atoms with Gasteiger partial charge in [-0.05, 0) is 11.4 Å². The Hall–Kier alpha value is -1.64. The van der Waals surface area contributed by atoms with E-state index in [1.54, 1.807) is 5.38 Å². The van der Waals surface area contributed by atoms with Gasteiger partial charge in [-0.15, -0.1) is 11.3 Å². The molecule has 7 nitrogen and oxygen atoms in total. The van der Waals surface area contributed by atoms with Crippen LogP contribution in [0.1, 0.15) is 10.4 Å². The Kier molecular flexibility index (Phi) is 6.12. The topological polar surface area (TPSA) is 108 Å². The SMILES string of the molecule is O=C(NCCOCCO)Nc1sccc1C(=O)O. The number of nitrogens with one attached hydrogen (secondary N) is 2. The first-order chi connectivity index (χ1) is 8.65. The maximum absolute atomic E-state index is 11.4. The number of ether oxygens (including phenoxy) is 1. The van der Waals surface area contributed by atoms with E-state index in [-0.39, 0.29) is 36.9 Å². The van der Waals surface area contributed by atoms with Gasteiger partial charge in [0.2, 0.25) is 0 Å². The van der Waals surface area contributed by atoms with Crippen LogP contribution in [0.3, 0.4) is 0 Å². The van der Waals surface area contributed by atoms with E-state index in [0.717, 1.165) is 11.3 Å². The fraction of sp³-hybridized carbons (Fsp3) is 0.400. The molecule has 4 N–H and O–H groups in total. The van der Waals surface area contributed by atoms with Gasteiger partial charge in [-0.3, -0.25) is 5.32 Å². The van der Waals surface area contributed by atoms with Crippen molar-refractivity contribution in [3.05, 3.63) is 17.0 Å². The number of hydrogen-bond acceptors (Lipinski definition) is 5. The van der Waals surface area contributed by atoms with E-state index in [1.807, 2.05) is 0 Å². The highest BCUT2D eigenvalue weighted by Crippen LogP contribution is 2.22. The zero-order valence-electron chi connectivity index (χ0n) is 9.51. The maximum Gasteiger partial charge on any atom is 0.338 e. The lowest BCUT2D eigenvalue weighted by atomic mass is 10.3. The Labute approximate surface area is 107 Å². The van der Waals surface area contributed by atoms with E-state index < -0.39 is 12.0 Å². The molecular formula is C10H14N2O5S. The number of thiophene rings is 1. The zero-order chi connectivity index (χ0) is 13.4. The second-order valence-electron chi connectivity index (χ2n) is 3.19. The summed E-state index contributed by atoms with van der Waals surface area (Å²) in [6, 6.07) is 0.931. The summed E-state index contributed by atoms with van der Waals surface area (Å²) < 4.78 is 4.95. The van der Waals surface area contributed by atoms with E-state index in [4.69, 9.17) is 14.9 Å². The molecule has 2 amide bonds. The van der Waals surface area contributed by atoms with Crippen LogP contribution in [0.15, 0.2) is 11.4 Å². The number of carbonyl (C=O) groups is 2. The largest absolute Gasteiger partial charge is 0.478 e. The minimum Gasteiger partial charge on any atom is -0.478 e. The highest BCUT2D eigenvalue weighted by Gasteiger charge is 2.13. The number of aliphatic hydroxyl groups is 1. The summed E-state index contributed by atoms with van der Waals surface area (Å²) in [4.78, 5) is 22.2. The first-order valence-electron chi connectivity index (χ1n) is 5.19. The molecule has 0 atom stereocenters. The van der Waals surface area contributed by atoms with Crippen molar-refractivity contribution in [2.45, 2.75) is 0 Å². The molecule has 100 valence electrons. The number of rotatable bonds is 7. The molecule has 0 aromatic carbocycles. The van der Waals surface area contributed by atoms with Gasteiger partial charge < -0.3 is 20.3 Å². The summed E-state index contributed by atoms with van der Waals surface area (Å²) in [5, 5.41) is 24.1. The molecule has 0 aliphatic rings. The molecule has 0 spiro atoms. The summed E-state index contributed by atoms with van der Waals surface area (Å²) in [5.41, 5.74) is 0.0617. The third-order valence-corrected chi connectivity index (χ3v) is 2.72. The van der Waals surface area contributed by atoms with Crippen molar-refractivity contribution in [1.29, 1.82) is 0 Å². The smallest absolute Gasteiger partial charge is 0.338 e. The fourth-order valence-electron chi connectivity index (χ4n) is 1.13. The van der Waals surface area contributed by atoms with Crippen molar-refractivity contribution in [2.75, 3.05) is 31.7 Å². The number of anilines is 1. The normalized spacial score (nSPS) is 10.1. The van der Waals surface area contributed by atoms with E-state index in [0.29, 0.717) is 0 Å². The molecule has 0 radical (unpaired) electrons. The average Bonchev–Trinajstić information content (AvgIpc) is 2.77. The first kappa shape index (κ1) is 14.4. The van der Waals surface area contributed by atoms with Crippen LogP contribution in [0.25, 0.3) is 0 Å². The van der Waals surface area contributed by atoms with Gasteiger partial charge in [0.05, 0.1) is 25.4 Å². The maximum atomic E-state index is 11.4. The molecule has 1 aromatic rings. The van der Waals surface area contributed by atoms with Gasteiger partial charge in [-0.2, -0.15) is 0 Å². The Morgan fingerprint density at radius 3 is 2.83 bits per heavy atom. The summed E-state index contributed by atoms with van der Waals surface area (Å²) in [7, 11) is 0. The van der Waals surface area contributed by atoms with Crippen LogP contribution in [0.4, 0.5) is 9.80 Å². The molecule has 8 heteroatoms. The number of aliphatic hydroxyl groups excluding tert-OH is 1. The third-order valence-electron chi connectivity index (χ3n) is 1.89. The van der Waals surface area contributed by atoms with E-state index in [1.165, 1.54) is 6.07 Å². The lowest BCUT2D eigenvalue weighted by Gasteiger charge is -2.07. The lowest BCUT2D eigenvalue weighted by molar-refractivity contribution is 0.0698. The highest BCUT2D eigenvalue weighted by atomic mass is 32.1. The van der Waals surface area contributed by atoms with Crippen LogP contribution in [-0.4, -0.2) is 48.6 Å². The molecule has 0 aliphatic heterocycles. The van der Waals surface area contributed by atoms with Crippen molar-refractivity contribution < 1.29 is 24.5 Å². The van der Waals surface area contributed by atoms with Crippen LogP contribution in [0, 0.1) is 0 Å². The van der Waals surface area contributed by atoms with E-state index >= 15 is 0 Å². The van der Waals surface area contributed by atoms with Crippen molar-refractivity contribution in [3.63, 3.8) is 0 Å². The van der Waals surface area contributed by atoms with Crippen LogP contribution in [0.2, 0.25) is 0 Å². The first-order valence-corrected chi connectivity index (χ1v) is 6.07. The van der Waals surface area contributed by atoms with Crippen LogP contribution in [0.5, 0.6) is 0 Å². The number of urea groups is 1. The Morgan fingerprint density at radius 2 is 2.17 bits per heavy atom. The van der Waals surface area contributed by atoms with Gasteiger partial charge in [0.25, 0.3) is 0 Å². The standard InChI is InChI=1S/C10H14N2O5S/c13-3-5-17-4-2-11-10(16)12-8-7(9(14)15)1-6-18-8/h1,6,13H,2-5H2,(H,14,15)(H2,11,12,16). The molecule has 0 bridgehead atoms. The fourth-order valence-corrected chi connectivity index (χ4v) is 1.90. The summed E-state index contributed by atoms with van der Waals surface area (Å²) in [5.74, 6) is -1.09. The third kappa shape index (κ3) is 4.70. The average molecular weight is 274 g/mol. The number of hydrogen-bond donors (Lipinski definition) is 4. The monoisotopic (exact) mass is 274 g/mol. The number of amides is 2. The van der Waals surface area contributed by atoms with Gasteiger partial charge in [-0.25, -0.2) is 9.59 Å². The molecule has 0 fully saturated rings. The molecule has 0 saturated carbocycles. The lowest BCUT2D eigenvalue weighted by Crippen LogP contribution is -2.31. The van der Waals surface area contributed by atoms with Crippen LogP contribution < -0.4 is 10.6 Å². The van der Waals surface area contributed by atoms with E-state index in [9.17, 15) is 9.59 Å². The van der Waals surface area contributed by atoms with Crippen LogP contribution >= 0.6 is 11.3 Å². The van der Waals surface area contributed by atoms with Gasteiger partial charge in [0, 0.05) is 6.54 Å². The van der Waals surface area contributed by atoms with Gasteiger partial charge in [-0.1, -0.05) is 0 Å². The number of carboxylic acid groups (broad SMARTS) is 1. The number of aromatic carboxylic acids is 1. The Morgan fingerprint density at radius 1 is 1.39 bits per heavy atom. The van der Waals surface area contributed by atoms with E-state index in [2.05, 4.69) is 10.6 Å². The second-order valence-corrected chi connectivity index (χ2v) is 4.10. The summed E-state index contributed by atoms with van der Waals surface area (Å²) in [6.45, 7) is 0.713. The van der Waals surface area contributed by atoms with Gasteiger partial charge in [0.15, 0.2) is 0 Å². The predicted molar refractivity (Wildman–Crippen MR) is 66.2 cm³/mol. The van der Waals surface area contributed by atoms with Crippen molar-refractivity contribution >= 4 is 28.3 Å². The minimum absolute atomic E-state index is 0.0617. The number of carboxylic acids is 1. The van der Waals surface area contributed by atoms with Crippen molar-refractivity contribution in [1.82, 2.24) is 5.32 Å². The van der Waals surface area contributed by atoms with Crippen LogP contribution in [-0.2, 0) is 4.74 Å². The molecular weight excluding hydrogens is 260 g/mol. The van der Waals surface area contributed by atoms with Crippen molar-refractivity contribution in [2.24, 2.45) is 0 Å². The highest BCUT2D eigenvalue weighted by molar-refractivity contribution is 7.14. The number of carbonyl (C=O) groups excluding carboxylic acids is 1. The molecule has 1 rings (SSSR count). The van der Waals surface area contributed by atoms with Gasteiger partial charge in [0.1, 0.15) is 5.00 Å². The Bertz CT molecular complexity index is 407. The summed E-state index contributed by atoms with van der Waals surface area (Å²) >= 11 is 1.14. The zero-order valence-corrected chi connectivity index (χ0v) is 10.3. The minimum atomic E-state index is -1.09. The predicted octanol–water partition coefficient (Wildman–Crippen LogP) is 0.577. The quantitative estimate of drug-likeness (QED) is 0.544.